The zero-order valence-electron chi connectivity index (χ0n) is 15.9. The van der Waals surface area contributed by atoms with Crippen molar-refractivity contribution in [3.05, 3.63) is 48.0 Å². The summed E-state index contributed by atoms with van der Waals surface area (Å²) < 4.78 is 28.0. The van der Waals surface area contributed by atoms with Crippen LogP contribution in [0.1, 0.15) is 31.7 Å². The van der Waals surface area contributed by atoms with E-state index in [1.807, 2.05) is 0 Å². The molecule has 1 aliphatic rings. The Morgan fingerprint density at radius 3 is 2.32 bits per heavy atom. The molecule has 1 fully saturated rings. The zero-order valence-corrected chi connectivity index (χ0v) is 16.7. The molecule has 8 heteroatoms. The number of carbonyl (C=O) groups excluding carboxylic acids is 2. The number of sulfonamides is 1. The number of nitrogens with zero attached hydrogens (tertiary/aromatic N) is 1. The Morgan fingerprint density at radius 1 is 1.04 bits per heavy atom. The van der Waals surface area contributed by atoms with Crippen molar-refractivity contribution in [2.75, 3.05) is 21.5 Å². The first-order valence-corrected chi connectivity index (χ1v) is 10.6. The lowest BCUT2D eigenvalue weighted by Crippen LogP contribution is -2.35. The molecule has 1 saturated heterocycles. The van der Waals surface area contributed by atoms with Crippen LogP contribution in [0.15, 0.2) is 47.4 Å². The van der Waals surface area contributed by atoms with E-state index < -0.39 is 10.0 Å². The Balaban J connectivity index is 1.77. The number of rotatable bonds is 5. The molecule has 2 aromatic rings. The summed E-state index contributed by atoms with van der Waals surface area (Å²) in [7, 11) is -3.78. The predicted molar refractivity (Wildman–Crippen MR) is 109 cm³/mol. The Labute approximate surface area is 164 Å². The smallest absolute Gasteiger partial charge is 0.262 e. The Kier molecular flexibility index (Phi) is 5.69. The Bertz CT molecular complexity index is 1000. The Hall–Kier alpha value is -2.87. The predicted octanol–water partition coefficient (Wildman–Crippen LogP) is 3.27. The number of nitrogens with one attached hydrogen (secondary N) is 2. The van der Waals surface area contributed by atoms with Gasteiger partial charge in [0.1, 0.15) is 0 Å². The van der Waals surface area contributed by atoms with Crippen LogP contribution in [0.25, 0.3) is 0 Å². The fourth-order valence-electron chi connectivity index (χ4n) is 3.23. The summed E-state index contributed by atoms with van der Waals surface area (Å²) in [5.74, 6) is -0.130. The minimum absolute atomic E-state index is 0.0921. The van der Waals surface area contributed by atoms with Gasteiger partial charge >= 0.3 is 0 Å². The molecule has 28 heavy (non-hydrogen) atoms. The van der Waals surface area contributed by atoms with Gasteiger partial charge in [0.2, 0.25) is 11.8 Å². The number of hydrogen-bond acceptors (Lipinski definition) is 4. The van der Waals surface area contributed by atoms with Crippen molar-refractivity contribution in [1.29, 1.82) is 0 Å². The first-order valence-electron chi connectivity index (χ1n) is 9.08. The minimum Gasteiger partial charge on any atom is -0.326 e. The maximum Gasteiger partial charge on any atom is 0.262 e. The second-order valence-electron chi connectivity index (χ2n) is 6.82. The molecule has 0 atom stereocenters. The molecule has 1 heterocycles. The van der Waals surface area contributed by atoms with Crippen molar-refractivity contribution in [1.82, 2.24) is 0 Å². The molecule has 148 valence electrons. The Morgan fingerprint density at radius 2 is 1.71 bits per heavy atom. The topological polar surface area (TPSA) is 95.6 Å². The second-order valence-corrected chi connectivity index (χ2v) is 8.47. The monoisotopic (exact) mass is 401 g/mol. The molecule has 0 aliphatic carbocycles. The number of carbonyl (C=O) groups is 2. The summed E-state index contributed by atoms with van der Waals surface area (Å²) in [5, 5.41) is 2.63. The van der Waals surface area contributed by atoms with E-state index in [1.165, 1.54) is 13.0 Å². The highest BCUT2D eigenvalue weighted by Gasteiger charge is 2.20. The lowest BCUT2D eigenvalue weighted by molar-refractivity contribution is -0.119. The molecule has 0 aromatic heterocycles. The van der Waals surface area contributed by atoms with Gasteiger partial charge in [0.15, 0.2) is 0 Å². The van der Waals surface area contributed by atoms with E-state index in [1.54, 1.807) is 48.2 Å². The highest BCUT2D eigenvalue weighted by molar-refractivity contribution is 7.92. The summed E-state index contributed by atoms with van der Waals surface area (Å²) >= 11 is 0. The average molecular weight is 401 g/mol. The van der Waals surface area contributed by atoms with E-state index in [-0.39, 0.29) is 16.7 Å². The number of aryl methyl sites for hydroxylation is 1. The van der Waals surface area contributed by atoms with Crippen LogP contribution in [0.3, 0.4) is 0 Å². The van der Waals surface area contributed by atoms with Crippen molar-refractivity contribution in [3.63, 3.8) is 0 Å². The molecule has 1 aliphatic heterocycles. The molecule has 3 rings (SSSR count). The van der Waals surface area contributed by atoms with Gasteiger partial charge in [0.05, 0.1) is 4.90 Å². The SMILES string of the molecule is CC(=O)Nc1ccc(S(=O)(=O)Nc2ccc(N3CCCCC3=O)cc2)c(C)c1. The second kappa shape index (κ2) is 8.02. The third-order valence-corrected chi connectivity index (χ3v) is 6.08. The quantitative estimate of drug-likeness (QED) is 0.804. The first kappa shape index (κ1) is 19.9. The first-order chi connectivity index (χ1) is 13.3. The fourth-order valence-corrected chi connectivity index (χ4v) is 4.52. The molecule has 7 nitrogen and oxygen atoms in total. The highest BCUT2D eigenvalue weighted by atomic mass is 32.2. The van der Waals surface area contributed by atoms with Gasteiger partial charge in [-0.25, -0.2) is 8.42 Å². The van der Waals surface area contributed by atoms with Gasteiger partial charge in [-0.05, 0) is 67.8 Å². The summed E-state index contributed by atoms with van der Waals surface area (Å²) in [6, 6.07) is 11.4. The van der Waals surface area contributed by atoms with Crippen LogP contribution in [0.5, 0.6) is 0 Å². The molecular weight excluding hydrogens is 378 g/mol. The van der Waals surface area contributed by atoms with Crippen LogP contribution in [-0.2, 0) is 19.6 Å². The third kappa shape index (κ3) is 4.51. The molecule has 2 aromatic carbocycles. The van der Waals surface area contributed by atoms with E-state index >= 15 is 0 Å². The van der Waals surface area contributed by atoms with Crippen molar-refractivity contribution >= 4 is 38.9 Å². The fraction of sp³-hybridized carbons (Fsp3) is 0.300. The van der Waals surface area contributed by atoms with Gasteiger partial charge in [-0.3, -0.25) is 14.3 Å². The van der Waals surface area contributed by atoms with Crippen molar-refractivity contribution < 1.29 is 18.0 Å². The molecular formula is C20H23N3O4S. The van der Waals surface area contributed by atoms with Gasteiger partial charge in [0, 0.05) is 37.0 Å². The summed E-state index contributed by atoms with van der Waals surface area (Å²) in [6.45, 7) is 3.75. The van der Waals surface area contributed by atoms with Gasteiger partial charge in [-0.15, -0.1) is 0 Å². The van der Waals surface area contributed by atoms with E-state index in [9.17, 15) is 18.0 Å². The number of amides is 2. The minimum atomic E-state index is -3.78. The molecule has 0 saturated carbocycles. The summed E-state index contributed by atoms with van der Waals surface area (Å²) in [6.07, 6.45) is 2.42. The van der Waals surface area contributed by atoms with Gasteiger partial charge < -0.3 is 10.2 Å². The number of benzene rings is 2. The average Bonchev–Trinajstić information content (AvgIpc) is 2.62. The van der Waals surface area contributed by atoms with Gasteiger partial charge in [-0.2, -0.15) is 0 Å². The summed E-state index contributed by atoms with van der Waals surface area (Å²) in [5.41, 5.74) is 2.25. The lowest BCUT2D eigenvalue weighted by atomic mass is 10.1. The largest absolute Gasteiger partial charge is 0.326 e. The number of piperidine rings is 1. The van der Waals surface area contributed by atoms with Crippen molar-refractivity contribution in [2.45, 2.75) is 38.0 Å². The number of anilines is 3. The zero-order chi connectivity index (χ0) is 20.3. The van der Waals surface area contributed by atoms with Crippen molar-refractivity contribution in [2.24, 2.45) is 0 Å². The van der Waals surface area contributed by atoms with Crippen molar-refractivity contribution in [3.8, 4) is 0 Å². The van der Waals surface area contributed by atoms with Crippen LogP contribution in [0, 0.1) is 6.92 Å². The maximum absolute atomic E-state index is 12.7. The summed E-state index contributed by atoms with van der Waals surface area (Å²) in [4.78, 5) is 25.0. The van der Waals surface area contributed by atoms with Crippen LogP contribution in [-0.4, -0.2) is 26.8 Å². The standard InChI is InChI=1S/C20H23N3O4S/c1-14-13-17(21-15(2)24)8-11-19(14)28(26,27)22-16-6-9-18(10-7-16)23-12-4-3-5-20(23)25/h6-11,13,22H,3-5,12H2,1-2H3,(H,21,24). The van der Waals surface area contributed by atoms with Crippen LogP contribution >= 0.6 is 0 Å². The molecule has 2 N–H and O–H groups in total. The van der Waals surface area contributed by atoms with E-state index in [0.717, 1.165) is 18.5 Å². The lowest BCUT2D eigenvalue weighted by Gasteiger charge is -2.26. The van der Waals surface area contributed by atoms with E-state index in [4.69, 9.17) is 0 Å². The molecule has 0 unspecified atom stereocenters. The molecule has 0 radical (unpaired) electrons. The highest BCUT2D eigenvalue weighted by Crippen LogP contribution is 2.25. The van der Waals surface area contributed by atoms with Crippen LogP contribution in [0.2, 0.25) is 0 Å². The van der Waals surface area contributed by atoms with E-state index in [0.29, 0.717) is 29.9 Å². The van der Waals surface area contributed by atoms with Crippen LogP contribution < -0.4 is 14.9 Å². The molecule has 2 amide bonds. The normalized spacial score (nSPS) is 14.6. The molecule has 0 bridgehead atoms. The molecule has 0 spiro atoms. The van der Waals surface area contributed by atoms with E-state index in [2.05, 4.69) is 10.0 Å². The maximum atomic E-state index is 12.7. The third-order valence-electron chi connectivity index (χ3n) is 4.54. The number of hydrogen-bond donors (Lipinski definition) is 2. The van der Waals surface area contributed by atoms with Gasteiger partial charge in [0.25, 0.3) is 10.0 Å². The van der Waals surface area contributed by atoms with Crippen LogP contribution in [0.4, 0.5) is 17.1 Å². The van der Waals surface area contributed by atoms with Gasteiger partial charge in [-0.1, -0.05) is 0 Å².